The molecule has 9 heteroatoms. The van der Waals surface area contributed by atoms with Crippen LogP contribution in [0.5, 0.6) is 11.5 Å². The first-order valence-corrected chi connectivity index (χ1v) is 10.3. The zero-order valence-corrected chi connectivity index (χ0v) is 21.1. The number of ether oxygens (including phenoxy) is 3. The molecular weight excluding hydrogens is 531 g/mol. The lowest BCUT2D eigenvalue weighted by atomic mass is 10.0. The molecule has 1 atom stereocenters. The van der Waals surface area contributed by atoms with Crippen molar-refractivity contribution < 1.29 is 14.2 Å². The Bertz CT molecular complexity index is 862. The molecule has 1 aliphatic heterocycles. The number of aliphatic imine (C=N–C) groups is 1. The molecule has 1 saturated heterocycles. The molecule has 1 heterocycles. The molecule has 2 aromatic carbocycles. The topological polar surface area (TPSA) is 67.4 Å². The number of hydrogen-bond acceptors (Lipinski definition) is 5. The quantitative estimate of drug-likeness (QED) is 0.303. The summed E-state index contributed by atoms with van der Waals surface area (Å²) in [5.41, 5.74) is 1.94. The Morgan fingerprint density at radius 1 is 1.13 bits per heavy atom. The molecule has 0 radical (unpaired) electrons. The number of nitrogens with one attached hydrogen (secondary N) is 2. The van der Waals surface area contributed by atoms with E-state index < -0.39 is 0 Å². The molecule has 170 valence electrons. The highest BCUT2D eigenvalue weighted by Gasteiger charge is 2.24. The Morgan fingerprint density at radius 3 is 2.48 bits per heavy atom. The molecule has 2 aromatic rings. The SMILES string of the molecule is CN=C(NCC(c1ccccc1Cl)N1CCOCC1)Nc1ccc(OC)c(OC)c1.I. The third kappa shape index (κ3) is 6.86. The van der Waals surface area contributed by atoms with E-state index in [1.165, 1.54) is 0 Å². The Kier molecular flexibility index (Phi) is 10.7. The molecule has 0 spiro atoms. The van der Waals surface area contributed by atoms with Crippen LogP contribution < -0.4 is 20.1 Å². The van der Waals surface area contributed by atoms with Gasteiger partial charge in [0, 0.05) is 43.5 Å². The van der Waals surface area contributed by atoms with Crippen LogP contribution >= 0.6 is 35.6 Å². The van der Waals surface area contributed by atoms with Gasteiger partial charge in [0.2, 0.25) is 0 Å². The molecule has 0 bridgehead atoms. The second-order valence-electron chi connectivity index (χ2n) is 6.83. The van der Waals surface area contributed by atoms with Gasteiger partial charge in [-0.15, -0.1) is 24.0 Å². The van der Waals surface area contributed by atoms with Crippen molar-refractivity contribution in [3.05, 3.63) is 53.1 Å². The van der Waals surface area contributed by atoms with Gasteiger partial charge in [0.05, 0.1) is 33.5 Å². The highest BCUT2D eigenvalue weighted by molar-refractivity contribution is 14.0. The van der Waals surface area contributed by atoms with Crippen LogP contribution in [0.2, 0.25) is 5.02 Å². The number of hydrogen-bond donors (Lipinski definition) is 2. The summed E-state index contributed by atoms with van der Waals surface area (Å²) >= 11 is 6.52. The zero-order valence-electron chi connectivity index (χ0n) is 18.1. The second-order valence-corrected chi connectivity index (χ2v) is 7.24. The van der Waals surface area contributed by atoms with Gasteiger partial charge in [0.25, 0.3) is 0 Å². The monoisotopic (exact) mass is 560 g/mol. The summed E-state index contributed by atoms with van der Waals surface area (Å²) in [7, 11) is 4.98. The van der Waals surface area contributed by atoms with E-state index in [0.29, 0.717) is 24.0 Å². The minimum Gasteiger partial charge on any atom is -0.493 e. The summed E-state index contributed by atoms with van der Waals surface area (Å²) in [5, 5.41) is 7.50. The maximum atomic E-state index is 6.52. The summed E-state index contributed by atoms with van der Waals surface area (Å²) in [6.07, 6.45) is 0. The molecule has 0 saturated carbocycles. The van der Waals surface area contributed by atoms with Gasteiger partial charge in [-0.3, -0.25) is 9.89 Å². The van der Waals surface area contributed by atoms with Gasteiger partial charge < -0.3 is 24.8 Å². The van der Waals surface area contributed by atoms with Crippen LogP contribution in [0, 0.1) is 0 Å². The van der Waals surface area contributed by atoms with Crippen LogP contribution in [0.1, 0.15) is 11.6 Å². The number of nitrogens with zero attached hydrogens (tertiary/aromatic N) is 2. The van der Waals surface area contributed by atoms with E-state index in [1.54, 1.807) is 21.3 Å². The van der Waals surface area contributed by atoms with E-state index in [0.717, 1.165) is 42.6 Å². The predicted octanol–water partition coefficient (Wildman–Crippen LogP) is 4.04. The molecule has 0 aliphatic carbocycles. The van der Waals surface area contributed by atoms with Crippen molar-refractivity contribution in [2.45, 2.75) is 6.04 Å². The number of anilines is 1. The second kappa shape index (κ2) is 12.9. The van der Waals surface area contributed by atoms with Crippen molar-refractivity contribution in [1.82, 2.24) is 10.2 Å². The van der Waals surface area contributed by atoms with Crippen molar-refractivity contribution in [2.75, 3.05) is 59.4 Å². The number of rotatable bonds is 7. The van der Waals surface area contributed by atoms with E-state index in [1.807, 2.05) is 36.4 Å². The van der Waals surface area contributed by atoms with Crippen LogP contribution in [0.4, 0.5) is 5.69 Å². The first-order chi connectivity index (χ1) is 14.7. The standard InChI is InChI=1S/C22H29ClN4O3.HI/c1-24-22(26-16-8-9-20(28-2)21(14-16)29-3)25-15-19(27-10-12-30-13-11-27)17-6-4-5-7-18(17)23;/h4-9,14,19H,10-13,15H2,1-3H3,(H2,24,25,26);1H. The molecule has 7 nitrogen and oxygen atoms in total. The van der Waals surface area contributed by atoms with Crippen LogP contribution in [0.3, 0.4) is 0 Å². The lowest BCUT2D eigenvalue weighted by molar-refractivity contribution is 0.0170. The Labute approximate surface area is 206 Å². The van der Waals surface area contributed by atoms with E-state index in [2.05, 4.69) is 26.6 Å². The number of halogens is 2. The summed E-state index contributed by atoms with van der Waals surface area (Å²) in [5.74, 6) is 1.99. The molecule has 0 amide bonds. The van der Waals surface area contributed by atoms with Crippen LogP contribution in [-0.4, -0.2) is 65.0 Å². The van der Waals surface area contributed by atoms with Gasteiger partial charge in [-0.25, -0.2) is 0 Å². The van der Waals surface area contributed by atoms with E-state index in [9.17, 15) is 0 Å². The molecule has 0 aromatic heterocycles. The van der Waals surface area contributed by atoms with E-state index in [-0.39, 0.29) is 30.0 Å². The van der Waals surface area contributed by atoms with Crippen molar-refractivity contribution >= 4 is 47.2 Å². The van der Waals surface area contributed by atoms with Gasteiger partial charge in [-0.05, 0) is 23.8 Å². The lowest BCUT2D eigenvalue weighted by Crippen LogP contribution is -2.45. The summed E-state index contributed by atoms with van der Waals surface area (Å²) in [4.78, 5) is 6.75. The van der Waals surface area contributed by atoms with Gasteiger partial charge in [0.1, 0.15) is 0 Å². The number of methoxy groups -OCH3 is 2. The van der Waals surface area contributed by atoms with Crippen molar-refractivity contribution in [3.8, 4) is 11.5 Å². The van der Waals surface area contributed by atoms with Crippen molar-refractivity contribution in [3.63, 3.8) is 0 Å². The lowest BCUT2D eigenvalue weighted by Gasteiger charge is -2.35. The predicted molar refractivity (Wildman–Crippen MR) is 137 cm³/mol. The fourth-order valence-corrected chi connectivity index (χ4v) is 3.76. The summed E-state index contributed by atoms with van der Waals surface area (Å²) in [6.45, 7) is 3.81. The van der Waals surface area contributed by atoms with Gasteiger partial charge >= 0.3 is 0 Å². The molecule has 3 rings (SSSR count). The third-order valence-corrected chi connectivity index (χ3v) is 5.43. The first-order valence-electron chi connectivity index (χ1n) is 9.92. The average Bonchev–Trinajstić information content (AvgIpc) is 2.80. The zero-order chi connectivity index (χ0) is 21.3. The third-order valence-electron chi connectivity index (χ3n) is 5.08. The molecule has 1 unspecified atom stereocenters. The fraction of sp³-hybridized carbons (Fsp3) is 0.409. The maximum Gasteiger partial charge on any atom is 0.195 e. The normalized spacial score (nSPS) is 15.5. The Morgan fingerprint density at radius 2 is 1.84 bits per heavy atom. The van der Waals surface area contributed by atoms with Crippen molar-refractivity contribution in [1.29, 1.82) is 0 Å². The van der Waals surface area contributed by atoms with Gasteiger partial charge in [-0.1, -0.05) is 29.8 Å². The smallest absolute Gasteiger partial charge is 0.195 e. The van der Waals surface area contributed by atoms with Gasteiger partial charge in [-0.2, -0.15) is 0 Å². The molecule has 2 N–H and O–H groups in total. The minimum atomic E-state index is 0. The van der Waals surface area contributed by atoms with E-state index in [4.69, 9.17) is 25.8 Å². The largest absolute Gasteiger partial charge is 0.493 e. The van der Waals surface area contributed by atoms with Crippen LogP contribution in [-0.2, 0) is 4.74 Å². The van der Waals surface area contributed by atoms with Gasteiger partial charge in [0.15, 0.2) is 17.5 Å². The molecule has 1 fully saturated rings. The summed E-state index contributed by atoms with van der Waals surface area (Å²) < 4.78 is 16.2. The molecule has 1 aliphatic rings. The van der Waals surface area contributed by atoms with Crippen LogP contribution in [0.25, 0.3) is 0 Å². The highest BCUT2D eigenvalue weighted by Crippen LogP contribution is 2.30. The molecular formula is C22H30ClIN4O3. The first kappa shape index (κ1) is 25.5. The maximum absolute atomic E-state index is 6.52. The Balaban J connectivity index is 0.00000341. The fourth-order valence-electron chi connectivity index (χ4n) is 3.49. The van der Waals surface area contributed by atoms with Crippen molar-refractivity contribution in [2.24, 2.45) is 4.99 Å². The number of morpholine rings is 1. The average molecular weight is 561 g/mol. The molecule has 31 heavy (non-hydrogen) atoms. The minimum absolute atomic E-state index is 0. The highest BCUT2D eigenvalue weighted by atomic mass is 127. The van der Waals surface area contributed by atoms with Crippen LogP contribution in [0.15, 0.2) is 47.5 Å². The summed E-state index contributed by atoms with van der Waals surface area (Å²) in [6, 6.07) is 13.7. The Hall–Kier alpha value is -1.75. The number of guanidine groups is 1. The number of benzene rings is 2. The van der Waals surface area contributed by atoms with E-state index >= 15 is 0 Å².